The van der Waals surface area contributed by atoms with E-state index in [0.717, 1.165) is 24.8 Å². The van der Waals surface area contributed by atoms with Crippen molar-refractivity contribution in [3.05, 3.63) is 35.4 Å². The number of nitrogens with one attached hydrogen (secondary N) is 1. The molecule has 1 amide bonds. The Labute approximate surface area is 127 Å². The second-order valence-corrected chi connectivity index (χ2v) is 6.03. The zero-order chi connectivity index (χ0) is 14.0. The van der Waals surface area contributed by atoms with Crippen molar-refractivity contribution in [1.82, 2.24) is 5.32 Å². The SMILES string of the molecule is CC(C)c1ccc(C(C)NC(=O)C2(N)CCC2)cc1.Cl. The number of nitrogens with two attached hydrogens (primary N) is 1. The van der Waals surface area contributed by atoms with Crippen LogP contribution in [0.3, 0.4) is 0 Å². The number of hydrogen-bond donors (Lipinski definition) is 2. The normalized spacial score (nSPS) is 17.9. The van der Waals surface area contributed by atoms with Crippen molar-refractivity contribution >= 4 is 18.3 Å². The van der Waals surface area contributed by atoms with Crippen molar-refractivity contribution in [2.45, 2.75) is 57.5 Å². The number of carbonyl (C=O) groups is 1. The highest BCUT2D eigenvalue weighted by atomic mass is 35.5. The van der Waals surface area contributed by atoms with Gasteiger partial charge in [0.15, 0.2) is 0 Å². The number of amides is 1. The fourth-order valence-corrected chi connectivity index (χ4v) is 2.38. The van der Waals surface area contributed by atoms with Gasteiger partial charge in [0.25, 0.3) is 0 Å². The highest BCUT2D eigenvalue weighted by Crippen LogP contribution is 2.30. The fourth-order valence-electron chi connectivity index (χ4n) is 2.38. The van der Waals surface area contributed by atoms with Crippen LogP contribution in [0.4, 0.5) is 0 Å². The third kappa shape index (κ3) is 3.53. The number of benzene rings is 1. The van der Waals surface area contributed by atoms with Crippen molar-refractivity contribution in [2.75, 3.05) is 0 Å². The number of halogens is 1. The van der Waals surface area contributed by atoms with Crippen LogP contribution in [-0.4, -0.2) is 11.4 Å². The maximum Gasteiger partial charge on any atom is 0.240 e. The summed E-state index contributed by atoms with van der Waals surface area (Å²) in [5, 5.41) is 3.02. The standard InChI is InChI=1S/C16H24N2O.ClH/c1-11(2)13-5-7-14(8-6-13)12(3)18-15(19)16(17)9-4-10-16;/h5-8,11-12H,4,9-10,17H2,1-3H3,(H,18,19);1H. The van der Waals surface area contributed by atoms with Crippen molar-refractivity contribution < 1.29 is 4.79 Å². The Morgan fingerprint density at radius 3 is 2.05 bits per heavy atom. The summed E-state index contributed by atoms with van der Waals surface area (Å²) in [7, 11) is 0. The molecule has 0 aliphatic heterocycles. The van der Waals surface area contributed by atoms with Gasteiger partial charge in [-0.2, -0.15) is 0 Å². The van der Waals surface area contributed by atoms with Crippen molar-refractivity contribution in [3.8, 4) is 0 Å². The Hall–Kier alpha value is -1.06. The van der Waals surface area contributed by atoms with Crippen LogP contribution in [0.1, 0.15) is 63.1 Å². The largest absolute Gasteiger partial charge is 0.348 e. The first-order chi connectivity index (χ1) is 8.92. The highest BCUT2D eigenvalue weighted by Gasteiger charge is 2.40. The van der Waals surface area contributed by atoms with Gasteiger partial charge in [-0.1, -0.05) is 38.1 Å². The van der Waals surface area contributed by atoms with Gasteiger partial charge in [0, 0.05) is 0 Å². The zero-order valence-electron chi connectivity index (χ0n) is 12.5. The third-order valence-corrected chi connectivity index (χ3v) is 4.15. The summed E-state index contributed by atoms with van der Waals surface area (Å²) in [5.74, 6) is 0.514. The van der Waals surface area contributed by atoms with Crippen LogP contribution in [0.2, 0.25) is 0 Å². The summed E-state index contributed by atoms with van der Waals surface area (Å²) in [6.45, 7) is 6.36. The Morgan fingerprint density at radius 1 is 1.15 bits per heavy atom. The van der Waals surface area contributed by atoms with E-state index in [-0.39, 0.29) is 24.4 Å². The minimum atomic E-state index is -0.619. The number of hydrogen-bond acceptors (Lipinski definition) is 2. The molecule has 1 atom stereocenters. The minimum Gasteiger partial charge on any atom is -0.348 e. The van der Waals surface area contributed by atoms with Crippen LogP contribution in [0.15, 0.2) is 24.3 Å². The van der Waals surface area contributed by atoms with E-state index in [4.69, 9.17) is 5.73 Å². The lowest BCUT2D eigenvalue weighted by atomic mass is 9.77. The molecule has 1 aromatic carbocycles. The van der Waals surface area contributed by atoms with E-state index >= 15 is 0 Å². The molecule has 3 N–H and O–H groups in total. The van der Waals surface area contributed by atoms with Crippen LogP contribution in [-0.2, 0) is 4.79 Å². The molecule has 0 heterocycles. The molecule has 1 saturated carbocycles. The molecule has 4 heteroatoms. The van der Waals surface area contributed by atoms with Crippen molar-refractivity contribution in [3.63, 3.8) is 0 Å². The van der Waals surface area contributed by atoms with Crippen LogP contribution in [0.25, 0.3) is 0 Å². The van der Waals surface area contributed by atoms with Gasteiger partial charge in [0.05, 0.1) is 11.6 Å². The first-order valence-corrected chi connectivity index (χ1v) is 7.12. The monoisotopic (exact) mass is 296 g/mol. The van der Waals surface area contributed by atoms with E-state index in [1.807, 2.05) is 6.92 Å². The molecular formula is C16H25ClN2O. The molecule has 3 nitrogen and oxygen atoms in total. The maximum atomic E-state index is 12.1. The van der Waals surface area contributed by atoms with Gasteiger partial charge in [-0.25, -0.2) is 0 Å². The smallest absolute Gasteiger partial charge is 0.240 e. The Morgan fingerprint density at radius 2 is 1.65 bits per heavy atom. The molecule has 1 aliphatic carbocycles. The number of carbonyl (C=O) groups excluding carboxylic acids is 1. The van der Waals surface area contributed by atoms with E-state index in [9.17, 15) is 4.79 Å². The molecule has 112 valence electrons. The van der Waals surface area contributed by atoms with E-state index in [0.29, 0.717) is 5.92 Å². The van der Waals surface area contributed by atoms with Gasteiger partial charge in [-0.15, -0.1) is 12.4 Å². The highest BCUT2D eigenvalue weighted by molar-refractivity contribution is 5.87. The lowest BCUT2D eigenvalue weighted by Gasteiger charge is -2.37. The van der Waals surface area contributed by atoms with Crippen LogP contribution in [0.5, 0.6) is 0 Å². The van der Waals surface area contributed by atoms with E-state index in [2.05, 4.69) is 43.4 Å². The van der Waals surface area contributed by atoms with E-state index in [1.54, 1.807) is 0 Å². The summed E-state index contributed by atoms with van der Waals surface area (Å²) in [5.41, 5.74) is 7.85. The molecule has 0 aromatic heterocycles. The lowest BCUT2D eigenvalue weighted by molar-refractivity contribution is -0.129. The molecule has 0 saturated heterocycles. The van der Waals surface area contributed by atoms with Gasteiger partial charge in [0.2, 0.25) is 5.91 Å². The maximum absolute atomic E-state index is 12.1. The third-order valence-electron chi connectivity index (χ3n) is 4.15. The topological polar surface area (TPSA) is 55.1 Å². The predicted molar refractivity (Wildman–Crippen MR) is 85.1 cm³/mol. The summed E-state index contributed by atoms with van der Waals surface area (Å²) >= 11 is 0. The summed E-state index contributed by atoms with van der Waals surface area (Å²) in [6.07, 6.45) is 2.66. The zero-order valence-corrected chi connectivity index (χ0v) is 13.3. The first kappa shape index (κ1) is 17.0. The Kier molecular flexibility index (Phi) is 5.60. The molecule has 1 unspecified atom stereocenters. The van der Waals surface area contributed by atoms with E-state index in [1.165, 1.54) is 5.56 Å². The minimum absolute atomic E-state index is 0. The molecule has 20 heavy (non-hydrogen) atoms. The molecular weight excluding hydrogens is 272 g/mol. The molecule has 2 rings (SSSR count). The van der Waals surface area contributed by atoms with Crippen LogP contribution < -0.4 is 11.1 Å². The van der Waals surface area contributed by atoms with Crippen molar-refractivity contribution in [2.24, 2.45) is 5.73 Å². The molecule has 1 aliphatic rings. The Balaban J connectivity index is 0.00000200. The summed E-state index contributed by atoms with van der Waals surface area (Å²) < 4.78 is 0. The van der Waals surface area contributed by atoms with Crippen LogP contribution >= 0.6 is 12.4 Å². The van der Waals surface area contributed by atoms with Gasteiger partial charge >= 0.3 is 0 Å². The fraction of sp³-hybridized carbons (Fsp3) is 0.562. The predicted octanol–water partition coefficient (Wildman–Crippen LogP) is 3.29. The second kappa shape index (κ2) is 6.59. The van der Waals surface area contributed by atoms with Gasteiger partial charge in [-0.3, -0.25) is 4.79 Å². The van der Waals surface area contributed by atoms with Gasteiger partial charge in [0.1, 0.15) is 0 Å². The molecule has 1 fully saturated rings. The quantitative estimate of drug-likeness (QED) is 0.896. The number of rotatable bonds is 4. The second-order valence-electron chi connectivity index (χ2n) is 6.03. The average molecular weight is 297 g/mol. The molecule has 0 radical (unpaired) electrons. The molecule has 0 spiro atoms. The molecule has 1 aromatic rings. The van der Waals surface area contributed by atoms with Crippen molar-refractivity contribution in [1.29, 1.82) is 0 Å². The van der Waals surface area contributed by atoms with Gasteiger partial charge < -0.3 is 11.1 Å². The summed E-state index contributed by atoms with van der Waals surface area (Å²) in [6, 6.07) is 8.44. The Bertz CT molecular complexity index is 452. The summed E-state index contributed by atoms with van der Waals surface area (Å²) in [4.78, 5) is 12.1. The first-order valence-electron chi connectivity index (χ1n) is 7.12. The average Bonchev–Trinajstić information content (AvgIpc) is 2.35. The lowest BCUT2D eigenvalue weighted by Crippen LogP contribution is -2.58. The van der Waals surface area contributed by atoms with E-state index < -0.39 is 5.54 Å². The van der Waals surface area contributed by atoms with Crippen LogP contribution in [0, 0.1) is 0 Å². The van der Waals surface area contributed by atoms with Gasteiger partial charge in [-0.05, 0) is 43.2 Å². The molecule has 0 bridgehead atoms.